The third-order valence-electron chi connectivity index (χ3n) is 3.02. The molecular formula is C14H21N7S2. The predicted molar refractivity (Wildman–Crippen MR) is 103 cm³/mol. The van der Waals surface area contributed by atoms with Gasteiger partial charge >= 0.3 is 0 Å². The first kappa shape index (κ1) is 18.9. The highest BCUT2D eigenvalue weighted by Gasteiger charge is 2.17. The van der Waals surface area contributed by atoms with Crippen molar-refractivity contribution in [2.24, 2.45) is 10.2 Å². The fourth-order valence-corrected chi connectivity index (χ4v) is 1.79. The van der Waals surface area contributed by atoms with E-state index in [-0.39, 0.29) is 5.92 Å². The molecule has 1 aromatic rings. The van der Waals surface area contributed by atoms with Crippen LogP contribution < -0.4 is 21.5 Å². The van der Waals surface area contributed by atoms with Crippen molar-refractivity contribution >= 4 is 46.1 Å². The Bertz CT molecular complexity index is 598. The molecule has 0 bridgehead atoms. The molecule has 7 nitrogen and oxygen atoms in total. The normalized spacial score (nSPS) is 13.0. The zero-order chi connectivity index (χ0) is 17.2. The molecule has 0 saturated carbocycles. The summed E-state index contributed by atoms with van der Waals surface area (Å²) in [6, 6.07) is 3.87. The third kappa shape index (κ3) is 6.25. The molecule has 1 heterocycles. The lowest BCUT2D eigenvalue weighted by Crippen LogP contribution is -2.33. The van der Waals surface area contributed by atoms with Gasteiger partial charge in [-0.25, -0.2) is 0 Å². The SMILES string of the molecule is CNC(=S)N/N=C(C)/C(=N/NC(=S)NC)[C@@H](C)c1cccnc1. The van der Waals surface area contributed by atoms with Crippen molar-refractivity contribution in [3.8, 4) is 0 Å². The van der Waals surface area contributed by atoms with E-state index in [2.05, 4.69) is 36.7 Å². The molecule has 0 amide bonds. The first-order valence-corrected chi connectivity index (χ1v) is 7.78. The van der Waals surface area contributed by atoms with Gasteiger partial charge in [-0.3, -0.25) is 15.8 Å². The number of hydrogen-bond donors (Lipinski definition) is 4. The van der Waals surface area contributed by atoms with E-state index in [0.717, 1.165) is 11.3 Å². The van der Waals surface area contributed by atoms with Gasteiger partial charge in [-0.15, -0.1) is 0 Å². The fourth-order valence-electron chi connectivity index (χ4n) is 1.70. The Morgan fingerprint density at radius 1 is 1.13 bits per heavy atom. The van der Waals surface area contributed by atoms with E-state index < -0.39 is 0 Å². The summed E-state index contributed by atoms with van der Waals surface area (Å²) >= 11 is 10.1. The van der Waals surface area contributed by atoms with Gasteiger partial charge in [-0.1, -0.05) is 13.0 Å². The number of rotatable bonds is 5. The lowest BCUT2D eigenvalue weighted by atomic mass is 9.95. The van der Waals surface area contributed by atoms with Crippen LogP contribution in [-0.4, -0.2) is 40.7 Å². The van der Waals surface area contributed by atoms with E-state index in [0.29, 0.717) is 15.9 Å². The van der Waals surface area contributed by atoms with E-state index in [1.54, 1.807) is 26.5 Å². The van der Waals surface area contributed by atoms with Gasteiger partial charge in [-0.2, -0.15) is 10.2 Å². The second kappa shape index (κ2) is 9.80. The Hall–Kier alpha value is -2.13. The van der Waals surface area contributed by atoms with Gasteiger partial charge in [0.05, 0.1) is 11.4 Å². The number of thiocarbonyl (C=S) groups is 2. The van der Waals surface area contributed by atoms with Gasteiger partial charge in [0.25, 0.3) is 0 Å². The van der Waals surface area contributed by atoms with Crippen LogP contribution in [0.3, 0.4) is 0 Å². The summed E-state index contributed by atoms with van der Waals surface area (Å²) in [4.78, 5) is 4.15. The Labute approximate surface area is 147 Å². The van der Waals surface area contributed by atoms with Gasteiger partial charge in [0.2, 0.25) is 0 Å². The van der Waals surface area contributed by atoms with E-state index in [1.165, 1.54) is 0 Å². The molecule has 1 rings (SSSR count). The summed E-state index contributed by atoms with van der Waals surface area (Å²) in [5.41, 5.74) is 7.98. The molecular weight excluding hydrogens is 330 g/mol. The maximum absolute atomic E-state index is 5.06. The van der Waals surface area contributed by atoms with Crippen LogP contribution in [0.1, 0.15) is 25.3 Å². The monoisotopic (exact) mass is 351 g/mol. The van der Waals surface area contributed by atoms with Crippen molar-refractivity contribution in [1.82, 2.24) is 26.5 Å². The van der Waals surface area contributed by atoms with E-state index in [9.17, 15) is 0 Å². The van der Waals surface area contributed by atoms with Gasteiger partial charge in [0, 0.05) is 32.4 Å². The largest absolute Gasteiger partial charge is 0.364 e. The molecule has 0 spiro atoms. The van der Waals surface area contributed by atoms with Gasteiger partial charge in [0.15, 0.2) is 10.2 Å². The third-order valence-corrected chi connectivity index (χ3v) is 3.61. The number of hydrazone groups is 2. The van der Waals surface area contributed by atoms with Crippen molar-refractivity contribution in [2.75, 3.05) is 14.1 Å². The topological polar surface area (TPSA) is 85.7 Å². The average molecular weight is 352 g/mol. The first-order chi connectivity index (χ1) is 11.0. The van der Waals surface area contributed by atoms with Crippen molar-refractivity contribution in [2.45, 2.75) is 19.8 Å². The molecule has 124 valence electrons. The van der Waals surface area contributed by atoms with E-state index >= 15 is 0 Å². The molecule has 0 aliphatic heterocycles. The average Bonchev–Trinajstić information content (AvgIpc) is 2.59. The highest BCUT2D eigenvalue weighted by atomic mass is 32.1. The minimum Gasteiger partial charge on any atom is -0.364 e. The van der Waals surface area contributed by atoms with Gasteiger partial charge in [-0.05, 0) is 43.0 Å². The van der Waals surface area contributed by atoms with Crippen molar-refractivity contribution in [1.29, 1.82) is 0 Å². The zero-order valence-corrected chi connectivity index (χ0v) is 15.2. The highest BCUT2D eigenvalue weighted by Crippen LogP contribution is 2.16. The van der Waals surface area contributed by atoms with Crippen LogP contribution in [-0.2, 0) is 0 Å². The highest BCUT2D eigenvalue weighted by molar-refractivity contribution is 7.80. The minimum atomic E-state index is -0.0236. The fraction of sp³-hybridized carbons (Fsp3) is 0.357. The second-order valence-corrected chi connectivity index (χ2v) is 5.40. The van der Waals surface area contributed by atoms with Crippen LogP contribution in [0.4, 0.5) is 0 Å². The number of aromatic nitrogens is 1. The molecule has 0 unspecified atom stereocenters. The minimum absolute atomic E-state index is 0.0236. The summed E-state index contributed by atoms with van der Waals surface area (Å²) in [6.45, 7) is 3.87. The van der Waals surface area contributed by atoms with Crippen LogP contribution in [0.2, 0.25) is 0 Å². The van der Waals surface area contributed by atoms with Gasteiger partial charge in [0.1, 0.15) is 0 Å². The summed E-state index contributed by atoms with van der Waals surface area (Å²) in [5.74, 6) is -0.0236. The molecule has 1 aromatic heterocycles. The Morgan fingerprint density at radius 3 is 2.26 bits per heavy atom. The van der Waals surface area contributed by atoms with E-state index in [4.69, 9.17) is 24.4 Å². The summed E-state index contributed by atoms with van der Waals surface area (Å²) < 4.78 is 0. The smallest absolute Gasteiger partial charge is 0.186 e. The molecule has 0 aromatic carbocycles. The van der Waals surface area contributed by atoms with Gasteiger partial charge < -0.3 is 10.6 Å². The molecule has 0 radical (unpaired) electrons. The lowest BCUT2D eigenvalue weighted by molar-refractivity contribution is 0.927. The zero-order valence-electron chi connectivity index (χ0n) is 13.5. The Balaban J connectivity index is 3.06. The molecule has 4 N–H and O–H groups in total. The van der Waals surface area contributed by atoms with Crippen molar-refractivity contribution in [3.63, 3.8) is 0 Å². The summed E-state index contributed by atoms with van der Waals surface area (Å²) in [7, 11) is 3.45. The summed E-state index contributed by atoms with van der Waals surface area (Å²) in [5, 5.41) is 15.1. The number of hydrogen-bond acceptors (Lipinski definition) is 5. The number of nitrogens with zero attached hydrogens (tertiary/aromatic N) is 3. The second-order valence-electron chi connectivity index (χ2n) is 4.58. The van der Waals surface area contributed by atoms with Crippen molar-refractivity contribution in [3.05, 3.63) is 30.1 Å². The Morgan fingerprint density at radius 2 is 1.74 bits per heavy atom. The van der Waals surface area contributed by atoms with Crippen molar-refractivity contribution < 1.29 is 0 Å². The maximum atomic E-state index is 5.06. The molecule has 0 aliphatic carbocycles. The molecule has 9 heteroatoms. The quantitative estimate of drug-likeness (QED) is 0.359. The Kier molecular flexibility index (Phi) is 8.06. The molecule has 1 atom stereocenters. The van der Waals surface area contributed by atoms with Crippen LogP contribution in [0.5, 0.6) is 0 Å². The number of pyridine rings is 1. The molecule has 0 fully saturated rings. The predicted octanol–water partition coefficient (Wildman–Crippen LogP) is 1.10. The molecule has 23 heavy (non-hydrogen) atoms. The first-order valence-electron chi connectivity index (χ1n) is 6.97. The van der Waals surface area contributed by atoms with Crippen LogP contribution in [0.15, 0.2) is 34.7 Å². The maximum Gasteiger partial charge on any atom is 0.186 e. The summed E-state index contributed by atoms with van der Waals surface area (Å²) in [6.07, 6.45) is 3.53. The van der Waals surface area contributed by atoms with Crippen LogP contribution >= 0.6 is 24.4 Å². The van der Waals surface area contributed by atoms with Crippen LogP contribution in [0.25, 0.3) is 0 Å². The van der Waals surface area contributed by atoms with E-state index in [1.807, 2.05) is 26.0 Å². The molecule has 0 aliphatic rings. The molecule has 0 saturated heterocycles. The number of nitrogens with one attached hydrogen (secondary N) is 4. The van der Waals surface area contributed by atoms with Crippen LogP contribution in [0, 0.1) is 0 Å². The standard InChI is InChI=1S/C14H21N7S2/c1-9(11-6-5-7-17-8-11)12(19-21-14(23)16-4)10(2)18-20-13(22)15-3/h5-9H,1-4H3,(H2,15,20,22)(H2,16,21,23)/b18-10+,19-12+/t9-/m0/s1. The lowest BCUT2D eigenvalue weighted by Gasteiger charge is -2.15.